The fourth-order valence-corrected chi connectivity index (χ4v) is 2.05. The van der Waals surface area contributed by atoms with E-state index in [1.54, 1.807) is 0 Å². The molecule has 0 amide bonds. The summed E-state index contributed by atoms with van der Waals surface area (Å²) in [5.74, 6) is 6.32. The fourth-order valence-electron chi connectivity index (χ4n) is 2.05. The molecule has 3 rings (SSSR count). The van der Waals surface area contributed by atoms with Gasteiger partial charge < -0.3 is 0 Å². The summed E-state index contributed by atoms with van der Waals surface area (Å²) in [6, 6.07) is 29.7. The Morgan fingerprint density at radius 3 is 1.91 bits per heavy atom. The minimum absolute atomic E-state index is 0.707. The Hall–Kier alpha value is -3.31. The second-order valence-electron chi connectivity index (χ2n) is 4.92. The molecule has 0 unspecified atom stereocenters. The van der Waals surface area contributed by atoms with Crippen LogP contribution in [0.15, 0.2) is 96.1 Å². The molecule has 0 atom stereocenters. The normalized spacial score (nSPS) is 10.5. The second-order valence-corrected chi connectivity index (χ2v) is 4.92. The highest BCUT2D eigenvalue weighted by atomic mass is 15.3. The first kappa shape index (κ1) is 14.6. The maximum Gasteiger partial charge on any atom is 0.141 e. The molecule has 0 radical (unpaired) electrons. The summed E-state index contributed by atoms with van der Waals surface area (Å²) < 4.78 is 0. The molecule has 3 aromatic carbocycles. The quantitative estimate of drug-likeness (QED) is 0.428. The van der Waals surface area contributed by atoms with Crippen molar-refractivity contribution in [2.24, 2.45) is 5.10 Å². The van der Waals surface area contributed by atoms with Crippen LogP contribution in [0.25, 0.3) is 0 Å². The number of hydrogen-bond donors (Lipinski definition) is 1. The molecule has 0 aromatic heterocycles. The molecule has 1 N–H and O–H groups in total. The van der Waals surface area contributed by atoms with E-state index in [-0.39, 0.29) is 0 Å². The third-order valence-corrected chi connectivity index (χ3v) is 3.22. The zero-order valence-corrected chi connectivity index (χ0v) is 12.6. The Bertz CT molecular complexity index is 827. The molecule has 0 heterocycles. The molecule has 23 heavy (non-hydrogen) atoms. The third kappa shape index (κ3) is 4.33. The fraction of sp³-hybridized carbons (Fsp3) is 0. The molecule has 0 aliphatic carbocycles. The van der Waals surface area contributed by atoms with Crippen molar-refractivity contribution in [2.45, 2.75) is 0 Å². The van der Waals surface area contributed by atoms with Crippen molar-refractivity contribution in [3.8, 4) is 11.8 Å². The summed E-state index contributed by atoms with van der Waals surface area (Å²) in [6.07, 6.45) is 0. The van der Waals surface area contributed by atoms with Gasteiger partial charge in [0.1, 0.15) is 5.71 Å². The summed E-state index contributed by atoms with van der Waals surface area (Å²) in [4.78, 5) is 0. The monoisotopic (exact) mass is 296 g/mol. The molecule has 2 heteroatoms. The molecule has 0 spiro atoms. The van der Waals surface area contributed by atoms with E-state index in [4.69, 9.17) is 0 Å². The molecule has 2 nitrogen and oxygen atoms in total. The summed E-state index contributed by atoms with van der Waals surface area (Å²) in [6.45, 7) is 0. The predicted octanol–water partition coefficient (Wildman–Crippen LogP) is 4.55. The molecule has 3 aromatic rings. The van der Waals surface area contributed by atoms with E-state index in [0.717, 1.165) is 16.8 Å². The van der Waals surface area contributed by atoms with E-state index in [9.17, 15) is 0 Å². The lowest BCUT2D eigenvalue weighted by atomic mass is 10.1. The van der Waals surface area contributed by atoms with Gasteiger partial charge in [-0.2, -0.15) is 5.10 Å². The average Bonchev–Trinajstić information content (AvgIpc) is 2.64. The second kappa shape index (κ2) is 7.63. The van der Waals surface area contributed by atoms with Crippen LogP contribution in [0.5, 0.6) is 0 Å². The Kier molecular flexibility index (Phi) is 4.85. The number of para-hydroxylation sites is 1. The van der Waals surface area contributed by atoms with Crippen LogP contribution in [0.4, 0.5) is 5.69 Å². The Morgan fingerprint density at radius 2 is 1.26 bits per heavy atom. The van der Waals surface area contributed by atoms with E-state index in [1.807, 2.05) is 91.0 Å². The number of hydrazone groups is 1. The lowest BCUT2D eigenvalue weighted by Gasteiger charge is -2.02. The van der Waals surface area contributed by atoms with Gasteiger partial charge in [0.2, 0.25) is 0 Å². The Morgan fingerprint density at radius 1 is 0.696 bits per heavy atom. The van der Waals surface area contributed by atoms with Gasteiger partial charge in [-0.25, -0.2) is 0 Å². The molecular weight excluding hydrogens is 280 g/mol. The van der Waals surface area contributed by atoms with Crippen LogP contribution in [-0.4, -0.2) is 5.71 Å². The van der Waals surface area contributed by atoms with Crippen molar-refractivity contribution in [2.75, 3.05) is 5.43 Å². The van der Waals surface area contributed by atoms with Crippen molar-refractivity contribution >= 4 is 11.4 Å². The van der Waals surface area contributed by atoms with Crippen LogP contribution < -0.4 is 5.43 Å². The summed E-state index contributed by atoms with van der Waals surface area (Å²) in [5, 5.41) is 4.47. The van der Waals surface area contributed by atoms with E-state index in [2.05, 4.69) is 22.4 Å². The Balaban J connectivity index is 1.90. The standard InChI is InChI=1S/C21H16N2/c1-4-10-18(11-5-1)16-17-21(19-12-6-2-7-13-19)23-22-20-14-8-3-9-15-20/h1-15,22H/b23-21+. The predicted molar refractivity (Wildman–Crippen MR) is 96.4 cm³/mol. The van der Waals surface area contributed by atoms with Crippen LogP contribution in [-0.2, 0) is 0 Å². The molecule has 0 aliphatic rings. The third-order valence-electron chi connectivity index (χ3n) is 3.22. The van der Waals surface area contributed by atoms with Gasteiger partial charge in [0.15, 0.2) is 0 Å². The maximum absolute atomic E-state index is 4.47. The molecular formula is C21H16N2. The number of nitrogens with one attached hydrogen (secondary N) is 1. The SMILES string of the molecule is C(#Cc1ccccc1)/C(=N\Nc1ccccc1)c1ccccc1. The van der Waals surface area contributed by atoms with Gasteiger partial charge in [-0.3, -0.25) is 5.43 Å². The Labute approximate surface area is 136 Å². The average molecular weight is 296 g/mol. The zero-order valence-electron chi connectivity index (χ0n) is 12.6. The van der Waals surface area contributed by atoms with Gasteiger partial charge in [-0.05, 0) is 30.2 Å². The number of anilines is 1. The minimum atomic E-state index is 0.707. The zero-order chi connectivity index (χ0) is 15.7. The highest BCUT2D eigenvalue weighted by molar-refractivity contribution is 6.13. The summed E-state index contributed by atoms with van der Waals surface area (Å²) in [5.41, 5.74) is 6.66. The highest BCUT2D eigenvalue weighted by Gasteiger charge is 1.99. The number of benzene rings is 3. The van der Waals surface area contributed by atoms with E-state index in [0.29, 0.717) is 5.71 Å². The number of hydrogen-bond acceptors (Lipinski definition) is 2. The van der Waals surface area contributed by atoms with Crippen LogP contribution in [0.1, 0.15) is 11.1 Å². The first-order valence-electron chi connectivity index (χ1n) is 7.43. The largest absolute Gasteiger partial charge is 0.277 e. The van der Waals surface area contributed by atoms with E-state index >= 15 is 0 Å². The van der Waals surface area contributed by atoms with Crippen molar-refractivity contribution in [3.63, 3.8) is 0 Å². The summed E-state index contributed by atoms with van der Waals surface area (Å²) in [7, 11) is 0. The van der Waals surface area contributed by atoms with Gasteiger partial charge in [0.25, 0.3) is 0 Å². The molecule has 0 aliphatic heterocycles. The van der Waals surface area contributed by atoms with Gasteiger partial charge in [-0.1, -0.05) is 72.7 Å². The first-order valence-corrected chi connectivity index (χ1v) is 7.43. The van der Waals surface area contributed by atoms with Crippen molar-refractivity contribution in [1.82, 2.24) is 0 Å². The smallest absolute Gasteiger partial charge is 0.141 e. The van der Waals surface area contributed by atoms with Crippen molar-refractivity contribution < 1.29 is 0 Å². The molecule has 0 bridgehead atoms. The molecule has 0 saturated heterocycles. The van der Waals surface area contributed by atoms with Gasteiger partial charge in [-0.15, -0.1) is 0 Å². The van der Waals surface area contributed by atoms with Crippen LogP contribution >= 0.6 is 0 Å². The lowest BCUT2D eigenvalue weighted by molar-refractivity contribution is 1.34. The van der Waals surface area contributed by atoms with E-state index in [1.165, 1.54) is 0 Å². The molecule has 110 valence electrons. The molecule has 0 saturated carbocycles. The number of nitrogens with zero attached hydrogens (tertiary/aromatic N) is 1. The first-order chi connectivity index (χ1) is 11.4. The van der Waals surface area contributed by atoms with Crippen molar-refractivity contribution in [3.05, 3.63) is 102 Å². The number of rotatable bonds is 3. The highest BCUT2D eigenvalue weighted by Crippen LogP contribution is 2.07. The minimum Gasteiger partial charge on any atom is -0.277 e. The van der Waals surface area contributed by atoms with Crippen LogP contribution in [0.3, 0.4) is 0 Å². The van der Waals surface area contributed by atoms with Crippen LogP contribution in [0, 0.1) is 11.8 Å². The summed E-state index contributed by atoms with van der Waals surface area (Å²) >= 11 is 0. The molecule has 0 fully saturated rings. The van der Waals surface area contributed by atoms with E-state index < -0.39 is 0 Å². The van der Waals surface area contributed by atoms with Gasteiger partial charge in [0, 0.05) is 11.1 Å². The maximum atomic E-state index is 4.47. The van der Waals surface area contributed by atoms with Crippen LogP contribution in [0.2, 0.25) is 0 Å². The van der Waals surface area contributed by atoms with Gasteiger partial charge >= 0.3 is 0 Å². The van der Waals surface area contributed by atoms with Crippen molar-refractivity contribution in [1.29, 1.82) is 0 Å². The van der Waals surface area contributed by atoms with Gasteiger partial charge in [0.05, 0.1) is 5.69 Å². The topological polar surface area (TPSA) is 24.4 Å². The lowest BCUT2D eigenvalue weighted by Crippen LogP contribution is -2.02.